The van der Waals surface area contributed by atoms with Crippen molar-refractivity contribution in [3.8, 4) is 0 Å². The first-order valence-electron chi connectivity index (χ1n) is 12.6. The van der Waals surface area contributed by atoms with E-state index >= 15 is 0 Å². The van der Waals surface area contributed by atoms with Gasteiger partial charge in [0.2, 0.25) is 0 Å². The Balaban J connectivity index is 1.39. The molecule has 3 saturated carbocycles. The molecule has 3 aliphatic carbocycles. The number of hydrogen-bond acceptors (Lipinski definition) is 4. The van der Waals surface area contributed by atoms with Gasteiger partial charge in [-0.25, -0.2) is 0 Å². The van der Waals surface area contributed by atoms with Crippen molar-refractivity contribution in [2.45, 2.75) is 139 Å². The Labute approximate surface area is 172 Å². The fourth-order valence-electron chi connectivity index (χ4n) is 7.44. The van der Waals surface area contributed by atoms with Gasteiger partial charge in [-0.3, -0.25) is 9.80 Å². The zero-order valence-corrected chi connectivity index (χ0v) is 18.2. The third kappa shape index (κ3) is 3.46. The van der Waals surface area contributed by atoms with Gasteiger partial charge in [0.15, 0.2) is 0 Å². The molecule has 5 fully saturated rings. The van der Waals surface area contributed by atoms with Crippen LogP contribution in [-0.2, 0) is 9.47 Å². The Morgan fingerprint density at radius 3 is 1.43 bits per heavy atom. The molecule has 0 bridgehead atoms. The topological polar surface area (TPSA) is 24.9 Å². The molecule has 4 nitrogen and oxygen atoms in total. The van der Waals surface area contributed by atoms with Crippen molar-refractivity contribution < 1.29 is 9.47 Å². The van der Waals surface area contributed by atoms with Crippen LogP contribution in [0.5, 0.6) is 0 Å². The molecular weight excluding hydrogens is 348 g/mol. The monoisotopic (exact) mass is 390 g/mol. The van der Waals surface area contributed by atoms with E-state index in [1.807, 2.05) is 0 Å². The molecule has 0 aromatic carbocycles. The average molecular weight is 391 g/mol. The molecular formula is C24H42N2O2. The van der Waals surface area contributed by atoms with Crippen molar-refractivity contribution in [2.75, 3.05) is 13.1 Å². The molecule has 2 saturated heterocycles. The lowest BCUT2D eigenvalue weighted by Crippen LogP contribution is -2.70. The van der Waals surface area contributed by atoms with Crippen molar-refractivity contribution in [1.29, 1.82) is 0 Å². The summed E-state index contributed by atoms with van der Waals surface area (Å²) in [4.78, 5) is 5.77. The summed E-state index contributed by atoms with van der Waals surface area (Å²) in [6.45, 7) is 7.18. The number of fused-ring (bicyclic) bond motifs is 4. The van der Waals surface area contributed by atoms with Gasteiger partial charge < -0.3 is 9.47 Å². The lowest BCUT2D eigenvalue weighted by Gasteiger charge is -2.60. The highest BCUT2D eigenvalue weighted by Crippen LogP contribution is 2.44. The van der Waals surface area contributed by atoms with E-state index in [4.69, 9.17) is 9.47 Å². The number of nitrogens with zero attached hydrogens (tertiary/aromatic N) is 2. The van der Waals surface area contributed by atoms with Crippen LogP contribution in [0, 0.1) is 0 Å². The van der Waals surface area contributed by atoms with Crippen LogP contribution in [0.4, 0.5) is 0 Å². The van der Waals surface area contributed by atoms with Crippen LogP contribution in [0.15, 0.2) is 0 Å². The number of rotatable bonds is 4. The largest absolute Gasteiger partial charge is 0.372 e. The lowest BCUT2D eigenvalue weighted by molar-refractivity contribution is -0.236. The van der Waals surface area contributed by atoms with Crippen LogP contribution in [0.25, 0.3) is 0 Å². The van der Waals surface area contributed by atoms with Crippen molar-refractivity contribution in [3.63, 3.8) is 0 Å². The summed E-state index contributed by atoms with van der Waals surface area (Å²) in [6, 6.07) is 2.52. The number of morpholine rings is 2. The molecule has 160 valence electrons. The van der Waals surface area contributed by atoms with Crippen LogP contribution >= 0.6 is 0 Å². The van der Waals surface area contributed by atoms with E-state index in [0.29, 0.717) is 48.6 Å². The van der Waals surface area contributed by atoms with Gasteiger partial charge in [-0.05, 0) is 64.5 Å². The minimum atomic E-state index is 0.426. The first kappa shape index (κ1) is 19.8. The minimum absolute atomic E-state index is 0.426. The number of hydrogen-bond donors (Lipinski definition) is 0. The molecule has 0 spiro atoms. The summed E-state index contributed by atoms with van der Waals surface area (Å²) in [5.41, 5.74) is 0. The predicted octanol–water partition coefficient (Wildman–Crippen LogP) is 4.36. The standard InChI is InChI=1S/C24H42N2O2/c1-3-13-25-17-9-5-7-11-21(17)27-23-16-20-24(15-19(23)25)28-22-12-8-6-10-18(22)26(20)14-4-2/h17-24H,3-16H2,1-2H3. The predicted molar refractivity (Wildman–Crippen MR) is 113 cm³/mol. The molecule has 2 aliphatic heterocycles. The maximum Gasteiger partial charge on any atom is 0.0751 e. The summed E-state index contributed by atoms with van der Waals surface area (Å²) in [5.74, 6) is 0. The quantitative estimate of drug-likeness (QED) is 0.712. The normalized spacial score (nSPS) is 46.9. The first-order valence-corrected chi connectivity index (χ1v) is 12.6. The second kappa shape index (κ2) is 8.53. The molecule has 8 atom stereocenters. The Bertz CT molecular complexity index is 483. The Morgan fingerprint density at radius 1 is 0.571 bits per heavy atom. The molecule has 5 aliphatic rings. The van der Waals surface area contributed by atoms with Crippen molar-refractivity contribution in [2.24, 2.45) is 0 Å². The van der Waals surface area contributed by atoms with Gasteiger partial charge in [-0.15, -0.1) is 0 Å². The average Bonchev–Trinajstić information content (AvgIpc) is 2.73. The summed E-state index contributed by atoms with van der Waals surface area (Å²) >= 11 is 0. The Kier molecular flexibility index (Phi) is 6.03. The van der Waals surface area contributed by atoms with Crippen molar-refractivity contribution >= 4 is 0 Å². The molecule has 28 heavy (non-hydrogen) atoms. The highest BCUT2D eigenvalue weighted by molar-refractivity contribution is 5.06. The Hall–Kier alpha value is -0.160. The van der Waals surface area contributed by atoms with Crippen LogP contribution in [-0.4, -0.2) is 71.5 Å². The molecule has 5 rings (SSSR count). The molecule has 2 heterocycles. The summed E-state index contributed by atoms with van der Waals surface area (Å²) in [7, 11) is 0. The first-order chi connectivity index (χ1) is 13.8. The lowest BCUT2D eigenvalue weighted by atomic mass is 9.76. The SMILES string of the molecule is CCCN1C2CCCCC2OC2CC3C(CC21)OC1CCCCC1N3CCC. The highest BCUT2D eigenvalue weighted by atomic mass is 16.5. The second-order valence-corrected chi connectivity index (χ2v) is 10.2. The fourth-order valence-corrected chi connectivity index (χ4v) is 7.44. The Morgan fingerprint density at radius 2 is 1.00 bits per heavy atom. The van der Waals surface area contributed by atoms with Gasteiger partial charge >= 0.3 is 0 Å². The van der Waals surface area contributed by atoms with Gasteiger partial charge in [-0.1, -0.05) is 39.5 Å². The fraction of sp³-hybridized carbons (Fsp3) is 1.00. The van der Waals surface area contributed by atoms with E-state index in [0.717, 1.165) is 0 Å². The van der Waals surface area contributed by atoms with Gasteiger partial charge in [0.1, 0.15) is 0 Å². The van der Waals surface area contributed by atoms with E-state index < -0.39 is 0 Å². The van der Waals surface area contributed by atoms with Crippen molar-refractivity contribution in [3.05, 3.63) is 0 Å². The molecule has 0 aromatic rings. The van der Waals surface area contributed by atoms with Crippen LogP contribution in [0.3, 0.4) is 0 Å². The van der Waals surface area contributed by atoms with Crippen LogP contribution < -0.4 is 0 Å². The van der Waals surface area contributed by atoms with Gasteiger partial charge in [-0.2, -0.15) is 0 Å². The van der Waals surface area contributed by atoms with E-state index in [9.17, 15) is 0 Å². The minimum Gasteiger partial charge on any atom is -0.372 e. The molecule has 0 aromatic heterocycles. The van der Waals surface area contributed by atoms with Crippen LogP contribution in [0.1, 0.15) is 90.9 Å². The van der Waals surface area contributed by atoms with Gasteiger partial charge in [0.05, 0.1) is 24.4 Å². The molecule has 8 unspecified atom stereocenters. The number of ether oxygens (including phenoxy) is 2. The smallest absolute Gasteiger partial charge is 0.0751 e. The van der Waals surface area contributed by atoms with Gasteiger partial charge in [0.25, 0.3) is 0 Å². The molecule has 0 amide bonds. The van der Waals surface area contributed by atoms with E-state index in [-0.39, 0.29) is 0 Å². The summed E-state index contributed by atoms with van der Waals surface area (Å²) in [5, 5.41) is 0. The van der Waals surface area contributed by atoms with Crippen LogP contribution in [0.2, 0.25) is 0 Å². The van der Waals surface area contributed by atoms with E-state index in [2.05, 4.69) is 23.6 Å². The third-order valence-corrected chi connectivity index (χ3v) is 8.51. The second-order valence-electron chi connectivity index (χ2n) is 10.2. The maximum atomic E-state index is 6.86. The van der Waals surface area contributed by atoms with E-state index in [1.165, 1.54) is 90.1 Å². The molecule has 0 radical (unpaired) electrons. The molecule has 0 N–H and O–H groups in total. The zero-order chi connectivity index (χ0) is 19.1. The maximum absolute atomic E-state index is 6.86. The third-order valence-electron chi connectivity index (χ3n) is 8.51. The highest BCUT2D eigenvalue weighted by Gasteiger charge is 2.53. The van der Waals surface area contributed by atoms with E-state index in [1.54, 1.807) is 0 Å². The van der Waals surface area contributed by atoms with Crippen molar-refractivity contribution in [1.82, 2.24) is 9.80 Å². The summed E-state index contributed by atoms with van der Waals surface area (Å²) < 4.78 is 13.7. The van der Waals surface area contributed by atoms with Gasteiger partial charge in [0, 0.05) is 24.2 Å². The zero-order valence-electron chi connectivity index (χ0n) is 18.2. The molecule has 4 heteroatoms. The summed E-state index contributed by atoms with van der Waals surface area (Å²) in [6.07, 6.45) is 17.5.